The monoisotopic (exact) mass is 357 g/mol. The van der Waals surface area contributed by atoms with Crippen molar-refractivity contribution in [2.24, 2.45) is 11.8 Å². The van der Waals surface area contributed by atoms with Gasteiger partial charge in [0.2, 0.25) is 5.91 Å². The molecule has 0 spiro atoms. The van der Waals surface area contributed by atoms with E-state index in [-0.39, 0.29) is 17.4 Å². The molecule has 0 aromatic carbocycles. The van der Waals surface area contributed by atoms with Crippen LogP contribution in [-0.4, -0.2) is 93.4 Å². The van der Waals surface area contributed by atoms with Gasteiger partial charge in [-0.05, 0) is 38.1 Å². The highest BCUT2D eigenvalue weighted by Gasteiger charge is 2.30. The normalized spacial score (nSPS) is 28.2. The molecule has 1 amide bonds. The molecule has 0 bridgehead atoms. The maximum absolute atomic E-state index is 12.5. The van der Waals surface area contributed by atoms with Gasteiger partial charge >= 0.3 is 0 Å². The van der Waals surface area contributed by atoms with Gasteiger partial charge in [-0.1, -0.05) is 6.42 Å². The molecule has 2 heterocycles. The largest absolute Gasteiger partial charge is 0.341 e. The maximum atomic E-state index is 12.5. The SMILES string of the molecule is CN(CC1CCC1)CC1CCN(C(=O)CN2CCS(=O)(=O)CC2)C1. The van der Waals surface area contributed by atoms with Crippen molar-refractivity contribution in [1.29, 1.82) is 0 Å². The van der Waals surface area contributed by atoms with Gasteiger partial charge in [0.1, 0.15) is 0 Å². The van der Waals surface area contributed by atoms with E-state index in [2.05, 4.69) is 11.9 Å². The highest BCUT2D eigenvalue weighted by atomic mass is 32.2. The van der Waals surface area contributed by atoms with Gasteiger partial charge in [-0.2, -0.15) is 0 Å². The first kappa shape index (κ1) is 18.1. The molecule has 1 saturated carbocycles. The summed E-state index contributed by atoms with van der Waals surface area (Å²) in [6.45, 7) is 5.37. The topological polar surface area (TPSA) is 60.9 Å². The van der Waals surface area contributed by atoms with Crippen LogP contribution in [-0.2, 0) is 14.6 Å². The van der Waals surface area contributed by atoms with Crippen molar-refractivity contribution < 1.29 is 13.2 Å². The zero-order chi connectivity index (χ0) is 17.2. The summed E-state index contributed by atoms with van der Waals surface area (Å²) < 4.78 is 22.9. The van der Waals surface area contributed by atoms with Crippen molar-refractivity contribution in [3.8, 4) is 0 Å². The fraction of sp³-hybridized carbons (Fsp3) is 0.941. The molecular formula is C17H31N3O3S. The highest BCUT2D eigenvalue weighted by molar-refractivity contribution is 7.91. The fourth-order valence-electron chi connectivity index (χ4n) is 4.04. The van der Waals surface area contributed by atoms with E-state index in [0.717, 1.165) is 32.0 Å². The molecule has 0 radical (unpaired) electrons. The molecule has 138 valence electrons. The van der Waals surface area contributed by atoms with Crippen LogP contribution >= 0.6 is 0 Å². The van der Waals surface area contributed by atoms with Crippen molar-refractivity contribution in [3.63, 3.8) is 0 Å². The smallest absolute Gasteiger partial charge is 0.236 e. The number of hydrogen-bond donors (Lipinski definition) is 0. The minimum atomic E-state index is -2.87. The van der Waals surface area contributed by atoms with Crippen molar-refractivity contribution >= 4 is 15.7 Å². The zero-order valence-electron chi connectivity index (χ0n) is 14.8. The van der Waals surface area contributed by atoms with Crippen molar-refractivity contribution in [1.82, 2.24) is 14.7 Å². The van der Waals surface area contributed by atoms with E-state index in [1.54, 1.807) is 0 Å². The van der Waals surface area contributed by atoms with Gasteiger partial charge in [0.05, 0.1) is 18.1 Å². The van der Waals surface area contributed by atoms with Crippen LogP contribution in [0.4, 0.5) is 0 Å². The quantitative estimate of drug-likeness (QED) is 0.684. The van der Waals surface area contributed by atoms with Crippen LogP contribution in [0.2, 0.25) is 0 Å². The van der Waals surface area contributed by atoms with Crippen molar-refractivity contribution in [3.05, 3.63) is 0 Å². The van der Waals surface area contributed by atoms with Gasteiger partial charge < -0.3 is 9.80 Å². The Morgan fingerprint density at radius 1 is 1.04 bits per heavy atom. The van der Waals surface area contributed by atoms with Crippen LogP contribution in [0.5, 0.6) is 0 Å². The molecule has 0 N–H and O–H groups in total. The summed E-state index contributed by atoms with van der Waals surface area (Å²) in [5.74, 6) is 2.02. The number of amides is 1. The van der Waals surface area contributed by atoms with Crippen molar-refractivity contribution in [2.75, 3.05) is 64.4 Å². The van der Waals surface area contributed by atoms with Gasteiger partial charge in [-0.25, -0.2) is 8.42 Å². The van der Waals surface area contributed by atoms with Crippen LogP contribution in [0.3, 0.4) is 0 Å². The molecule has 3 aliphatic rings. The Morgan fingerprint density at radius 2 is 1.71 bits per heavy atom. The third-order valence-electron chi connectivity index (χ3n) is 5.80. The average Bonchev–Trinajstić information content (AvgIpc) is 2.94. The second-order valence-corrected chi connectivity index (χ2v) is 10.2. The first-order valence-corrected chi connectivity index (χ1v) is 11.1. The van der Waals surface area contributed by atoms with E-state index in [4.69, 9.17) is 0 Å². The lowest BCUT2D eigenvalue weighted by atomic mass is 9.85. The van der Waals surface area contributed by atoms with Gasteiger partial charge in [0.15, 0.2) is 9.84 Å². The Morgan fingerprint density at radius 3 is 2.33 bits per heavy atom. The highest BCUT2D eigenvalue weighted by Crippen LogP contribution is 2.27. The molecule has 7 heteroatoms. The van der Waals surface area contributed by atoms with Crippen LogP contribution in [0.15, 0.2) is 0 Å². The summed E-state index contributed by atoms with van der Waals surface area (Å²) in [6.07, 6.45) is 5.24. The first-order valence-electron chi connectivity index (χ1n) is 9.30. The number of sulfone groups is 1. The van der Waals surface area contributed by atoms with Gasteiger partial charge in [0.25, 0.3) is 0 Å². The minimum Gasteiger partial charge on any atom is -0.341 e. The minimum absolute atomic E-state index is 0.165. The number of carbonyl (C=O) groups excluding carboxylic acids is 1. The predicted molar refractivity (Wildman–Crippen MR) is 94.6 cm³/mol. The molecule has 1 atom stereocenters. The molecule has 1 aliphatic carbocycles. The van der Waals surface area contributed by atoms with Crippen molar-refractivity contribution in [2.45, 2.75) is 25.7 Å². The van der Waals surface area contributed by atoms with Gasteiger partial charge in [0, 0.05) is 39.3 Å². The van der Waals surface area contributed by atoms with Crippen LogP contribution in [0.1, 0.15) is 25.7 Å². The lowest BCUT2D eigenvalue weighted by Crippen LogP contribution is -2.46. The Balaban J connectivity index is 1.37. The second kappa shape index (κ2) is 7.70. The number of carbonyl (C=O) groups is 1. The third kappa shape index (κ3) is 4.92. The summed E-state index contributed by atoms with van der Waals surface area (Å²) in [6, 6.07) is 0. The molecule has 1 unspecified atom stereocenters. The molecule has 2 aliphatic heterocycles. The van der Waals surface area contributed by atoms with Gasteiger partial charge in [-0.3, -0.25) is 9.69 Å². The second-order valence-electron chi connectivity index (χ2n) is 7.94. The number of rotatable bonds is 6. The number of hydrogen-bond acceptors (Lipinski definition) is 5. The van der Waals surface area contributed by atoms with E-state index in [9.17, 15) is 13.2 Å². The van der Waals surface area contributed by atoms with E-state index in [0.29, 0.717) is 25.6 Å². The summed E-state index contributed by atoms with van der Waals surface area (Å²) in [4.78, 5) is 18.9. The Bertz CT molecular complexity index is 533. The molecule has 3 fully saturated rings. The van der Waals surface area contributed by atoms with Crippen LogP contribution in [0.25, 0.3) is 0 Å². The number of likely N-dealkylation sites (tertiary alicyclic amines) is 1. The molecule has 24 heavy (non-hydrogen) atoms. The van der Waals surface area contributed by atoms with E-state index < -0.39 is 9.84 Å². The summed E-state index contributed by atoms with van der Waals surface area (Å²) in [5, 5.41) is 0. The van der Waals surface area contributed by atoms with Crippen LogP contribution < -0.4 is 0 Å². The lowest BCUT2D eigenvalue weighted by Gasteiger charge is -2.31. The van der Waals surface area contributed by atoms with E-state index >= 15 is 0 Å². The maximum Gasteiger partial charge on any atom is 0.236 e. The van der Waals surface area contributed by atoms with Crippen LogP contribution in [0, 0.1) is 11.8 Å². The first-order chi connectivity index (χ1) is 11.4. The Labute approximate surface area is 146 Å². The van der Waals surface area contributed by atoms with Gasteiger partial charge in [-0.15, -0.1) is 0 Å². The molecule has 3 rings (SSSR count). The summed E-state index contributed by atoms with van der Waals surface area (Å²) in [7, 11) is -0.667. The fourth-order valence-corrected chi connectivity index (χ4v) is 5.32. The third-order valence-corrected chi connectivity index (χ3v) is 7.41. The summed E-state index contributed by atoms with van der Waals surface area (Å²) >= 11 is 0. The average molecular weight is 358 g/mol. The molecule has 0 aromatic heterocycles. The number of nitrogens with zero attached hydrogens (tertiary/aromatic N) is 3. The Hall–Kier alpha value is -0.660. The summed E-state index contributed by atoms with van der Waals surface area (Å²) in [5.41, 5.74) is 0. The van der Waals surface area contributed by atoms with E-state index in [1.807, 2.05) is 9.80 Å². The molecule has 0 aromatic rings. The zero-order valence-corrected chi connectivity index (χ0v) is 15.6. The van der Waals surface area contributed by atoms with E-state index in [1.165, 1.54) is 25.8 Å². The molecule has 2 saturated heterocycles. The molecular weight excluding hydrogens is 326 g/mol. The predicted octanol–water partition coefficient (Wildman–Crippen LogP) is 0.297. The lowest BCUT2D eigenvalue weighted by molar-refractivity contribution is -0.131. The Kier molecular flexibility index (Phi) is 5.82. The standard InChI is InChI=1S/C17H31N3O3S/c1-18(11-15-3-2-4-15)12-16-5-6-20(13-16)17(21)14-19-7-9-24(22,23)10-8-19/h15-16H,2-14H2,1H3. The molecule has 6 nitrogen and oxygen atoms in total.